The number of rotatable bonds is 4. The van der Waals surface area contributed by atoms with Crippen LogP contribution in [-0.4, -0.2) is 16.7 Å². The topological polar surface area (TPSA) is 68.3 Å². The molecule has 3 aromatic rings. The number of amides is 1. The van der Waals surface area contributed by atoms with Gasteiger partial charge in [-0.15, -0.1) is 0 Å². The Morgan fingerprint density at radius 1 is 1.07 bits per heavy atom. The standard InChI is InChI=1S/C21H15BrN2O3/c22-13-7-9-14(10-8-13)27-21-17(6-3-11-23-21)20(26)24-18-12-19(25)16-5-2-1-4-15(16)18/h1-11,18H,12H2,(H,24,26). The van der Waals surface area contributed by atoms with Gasteiger partial charge in [0.05, 0.1) is 6.04 Å². The molecule has 0 saturated heterocycles. The highest BCUT2D eigenvalue weighted by molar-refractivity contribution is 9.10. The first-order valence-electron chi connectivity index (χ1n) is 8.43. The van der Waals surface area contributed by atoms with Gasteiger partial charge in [-0.25, -0.2) is 4.98 Å². The minimum Gasteiger partial charge on any atom is -0.438 e. The minimum absolute atomic E-state index is 0.0356. The van der Waals surface area contributed by atoms with Crippen LogP contribution >= 0.6 is 15.9 Å². The van der Waals surface area contributed by atoms with Gasteiger partial charge in [-0.05, 0) is 42.0 Å². The van der Waals surface area contributed by atoms with E-state index >= 15 is 0 Å². The number of ketones is 1. The van der Waals surface area contributed by atoms with Crippen LogP contribution in [0.4, 0.5) is 0 Å². The van der Waals surface area contributed by atoms with Gasteiger partial charge in [0, 0.05) is 22.7 Å². The van der Waals surface area contributed by atoms with Crippen LogP contribution in [0.5, 0.6) is 11.6 Å². The molecule has 0 saturated carbocycles. The zero-order valence-corrected chi connectivity index (χ0v) is 15.8. The van der Waals surface area contributed by atoms with E-state index in [1.807, 2.05) is 30.3 Å². The molecule has 5 nitrogen and oxygen atoms in total. The summed E-state index contributed by atoms with van der Waals surface area (Å²) in [7, 11) is 0. The predicted octanol–water partition coefficient (Wildman–Crippen LogP) is 4.69. The van der Waals surface area contributed by atoms with Gasteiger partial charge in [0.15, 0.2) is 5.78 Å². The number of benzene rings is 2. The maximum Gasteiger partial charge on any atom is 0.257 e. The third-order valence-corrected chi connectivity index (χ3v) is 4.90. The number of Topliss-reactive ketones (excluding diaryl/α,β-unsaturated/α-hetero) is 1. The SMILES string of the molecule is O=C1CC(NC(=O)c2cccnc2Oc2ccc(Br)cc2)c2ccccc21. The molecule has 1 unspecified atom stereocenters. The fraction of sp³-hybridized carbons (Fsp3) is 0.0952. The van der Waals surface area contributed by atoms with E-state index in [0.29, 0.717) is 16.9 Å². The summed E-state index contributed by atoms with van der Waals surface area (Å²) in [4.78, 5) is 29.2. The van der Waals surface area contributed by atoms with Crippen molar-refractivity contribution in [3.05, 3.63) is 88.0 Å². The molecule has 0 radical (unpaired) electrons. The summed E-state index contributed by atoms with van der Waals surface area (Å²) >= 11 is 3.37. The Kier molecular flexibility index (Phi) is 4.73. The number of hydrogen-bond donors (Lipinski definition) is 1. The zero-order valence-electron chi connectivity index (χ0n) is 14.2. The maximum absolute atomic E-state index is 12.8. The molecule has 1 aromatic heterocycles. The Morgan fingerprint density at radius 2 is 1.85 bits per heavy atom. The molecule has 2 aromatic carbocycles. The molecule has 1 heterocycles. The van der Waals surface area contributed by atoms with Crippen LogP contribution in [0.15, 0.2) is 71.3 Å². The first-order chi connectivity index (χ1) is 13.1. The molecule has 0 fully saturated rings. The lowest BCUT2D eigenvalue weighted by molar-refractivity contribution is 0.0923. The fourth-order valence-electron chi connectivity index (χ4n) is 3.08. The first kappa shape index (κ1) is 17.4. The second-order valence-corrected chi connectivity index (χ2v) is 7.07. The smallest absolute Gasteiger partial charge is 0.257 e. The van der Waals surface area contributed by atoms with Crippen LogP contribution in [0.1, 0.15) is 38.7 Å². The van der Waals surface area contributed by atoms with Crippen molar-refractivity contribution in [1.82, 2.24) is 10.3 Å². The van der Waals surface area contributed by atoms with Gasteiger partial charge in [0.25, 0.3) is 5.91 Å². The lowest BCUT2D eigenvalue weighted by Crippen LogP contribution is -2.27. The third-order valence-electron chi connectivity index (χ3n) is 4.38. The van der Waals surface area contributed by atoms with Crippen molar-refractivity contribution in [3.8, 4) is 11.6 Å². The van der Waals surface area contributed by atoms with Crippen LogP contribution in [0, 0.1) is 0 Å². The Bertz CT molecular complexity index is 1020. The molecule has 1 aliphatic rings. The summed E-state index contributed by atoms with van der Waals surface area (Å²) in [6.45, 7) is 0. The number of aromatic nitrogens is 1. The van der Waals surface area contributed by atoms with E-state index in [9.17, 15) is 9.59 Å². The summed E-state index contributed by atoms with van der Waals surface area (Å²) in [6.07, 6.45) is 1.83. The number of hydrogen-bond acceptors (Lipinski definition) is 4. The molecule has 6 heteroatoms. The van der Waals surface area contributed by atoms with Gasteiger partial charge in [-0.2, -0.15) is 0 Å². The van der Waals surface area contributed by atoms with Gasteiger partial charge < -0.3 is 10.1 Å². The predicted molar refractivity (Wildman–Crippen MR) is 104 cm³/mol. The molecule has 27 heavy (non-hydrogen) atoms. The monoisotopic (exact) mass is 422 g/mol. The van der Waals surface area contributed by atoms with E-state index in [1.165, 1.54) is 0 Å². The van der Waals surface area contributed by atoms with Crippen molar-refractivity contribution in [2.75, 3.05) is 0 Å². The van der Waals surface area contributed by atoms with Crippen LogP contribution < -0.4 is 10.1 Å². The third kappa shape index (κ3) is 3.61. The average molecular weight is 423 g/mol. The van der Waals surface area contributed by atoms with Gasteiger partial charge in [-0.3, -0.25) is 9.59 Å². The Hall–Kier alpha value is -2.99. The van der Waals surface area contributed by atoms with Crippen molar-refractivity contribution >= 4 is 27.6 Å². The quantitative estimate of drug-likeness (QED) is 0.661. The van der Waals surface area contributed by atoms with Crippen molar-refractivity contribution in [1.29, 1.82) is 0 Å². The molecule has 1 amide bonds. The molecule has 0 spiro atoms. The highest BCUT2D eigenvalue weighted by atomic mass is 79.9. The van der Waals surface area contributed by atoms with E-state index in [4.69, 9.17) is 4.74 Å². The van der Waals surface area contributed by atoms with Gasteiger partial charge in [0.1, 0.15) is 11.3 Å². The number of nitrogens with one attached hydrogen (secondary N) is 1. The number of nitrogens with zero attached hydrogens (tertiary/aromatic N) is 1. The van der Waals surface area contributed by atoms with E-state index in [2.05, 4.69) is 26.2 Å². The second kappa shape index (κ2) is 7.32. The summed E-state index contributed by atoms with van der Waals surface area (Å²) in [5.41, 5.74) is 1.83. The number of pyridine rings is 1. The highest BCUT2D eigenvalue weighted by Crippen LogP contribution is 2.32. The number of carbonyl (C=O) groups is 2. The number of ether oxygens (including phenoxy) is 1. The van der Waals surface area contributed by atoms with Crippen molar-refractivity contribution in [2.45, 2.75) is 12.5 Å². The van der Waals surface area contributed by atoms with E-state index in [-0.39, 0.29) is 30.0 Å². The van der Waals surface area contributed by atoms with Gasteiger partial charge in [0.2, 0.25) is 5.88 Å². The molecular weight excluding hydrogens is 408 g/mol. The second-order valence-electron chi connectivity index (χ2n) is 6.15. The van der Waals surface area contributed by atoms with Crippen LogP contribution in [0.3, 0.4) is 0 Å². The van der Waals surface area contributed by atoms with Crippen LogP contribution in [0.25, 0.3) is 0 Å². The lowest BCUT2D eigenvalue weighted by atomic mass is 10.1. The normalized spacial score (nSPS) is 15.3. The molecule has 0 aliphatic heterocycles. The highest BCUT2D eigenvalue weighted by Gasteiger charge is 2.30. The molecule has 4 rings (SSSR count). The maximum atomic E-state index is 12.8. The molecule has 1 atom stereocenters. The zero-order chi connectivity index (χ0) is 18.8. The fourth-order valence-corrected chi connectivity index (χ4v) is 3.35. The van der Waals surface area contributed by atoms with Crippen LogP contribution in [-0.2, 0) is 0 Å². The molecule has 1 aliphatic carbocycles. The van der Waals surface area contributed by atoms with Gasteiger partial charge in [-0.1, -0.05) is 40.2 Å². The van der Waals surface area contributed by atoms with E-state index in [1.54, 1.807) is 36.5 Å². The minimum atomic E-state index is -0.345. The molecule has 0 bridgehead atoms. The number of fused-ring (bicyclic) bond motifs is 1. The summed E-state index contributed by atoms with van der Waals surface area (Å²) < 4.78 is 6.71. The van der Waals surface area contributed by atoms with Crippen LogP contribution in [0.2, 0.25) is 0 Å². The van der Waals surface area contributed by atoms with Crippen molar-refractivity contribution in [3.63, 3.8) is 0 Å². The Labute approximate surface area is 164 Å². The summed E-state index contributed by atoms with van der Waals surface area (Å²) in [6, 6.07) is 17.6. The molecular formula is C21H15BrN2O3. The van der Waals surface area contributed by atoms with E-state index in [0.717, 1.165) is 10.0 Å². The van der Waals surface area contributed by atoms with Crippen molar-refractivity contribution < 1.29 is 14.3 Å². The van der Waals surface area contributed by atoms with E-state index < -0.39 is 0 Å². The lowest BCUT2D eigenvalue weighted by Gasteiger charge is -2.15. The number of halogens is 1. The Balaban J connectivity index is 1.56. The average Bonchev–Trinajstić information content (AvgIpc) is 3.00. The number of carbonyl (C=O) groups excluding carboxylic acids is 2. The van der Waals surface area contributed by atoms with Gasteiger partial charge >= 0.3 is 0 Å². The Morgan fingerprint density at radius 3 is 2.67 bits per heavy atom. The first-order valence-corrected chi connectivity index (χ1v) is 9.22. The summed E-state index contributed by atoms with van der Waals surface area (Å²) in [5.74, 6) is 0.500. The molecule has 1 N–H and O–H groups in total. The van der Waals surface area contributed by atoms with Crippen molar-refractivity contribution in [2.24, 2.45) is 0 Å². The largest absolute Gasteiger partial charge is 0.438 e. The summed E-state index contributed by atoms with van der Waals surface area (Å²) in [5, 5.41) is 2.93. The molecule has 134 valence electrons.